The molecule has 3 nitrogen and oxygen atoms in total. The highest BCUT2D eigenvalue weighted by Crippen LogP contribution is 2.34. The Bertz CT molecular complexity index is 640. The minimum atomic E-state index is -0.861. The molecule has 2 rings (SSSR count). The molecule has 1 aromatic heterocycles. The zero-order chi connectivity index (χ0) is 15.6. The molecule has 0 fully saturated rings. The zero-order valence-electron chi connectivity index (χ0n) is 12.8. The van der Waals surface area contributed by atoms with Crippen LogP contribution in [0, 0.1) is 6.92 Å². The van der Waals surface area contributed by atoms with Crippen molar-refractivity contribution in [3.8, 4) is 0 Å². The smallest absolute Gasteiger partial charge is 0.331 e. The predicted octanol–water partition coefficient (Wildman–Crippen LogP) is 4.59. The Hall–Kier alpha value is -1.81. The first-order valence-electron chi connectivity index (χ1n) is 6.94. The van der Waals surface area contributed by atoms with E-state index in [-0.39, 0.29) is 5.41 Å². The first-order chi connectivity index (χ1) is 9.79. The van der Waals surface area contributed by atoms with Gasteiger partial charge in [-0.3, -0.25) is 0 Å². The second-order valence-electron chi connectivity index (χ2n) is 6.18. The van der Waals surface area contributed by atoms with Crippen molar-refractivity contribution in [2.45, 2.75) is 39.2 Å². The summed E-state index contributed by atoms with van der Waals surface area (Å²) >= 11 is 1.56. The van der Waals surface area contributed by atoms with Crippen LogP contribution < -0.4 is 5.32 Å². The van der Waals surface area contributed by atoms with Gasteiger partial charge in [-0.05, 0) is 36.1 Å². The minimum absolute atomic E-state index is 0.0363. The van der Waals surface area contributed by atoms with Crippen molar-refractivity contribution < 1.29 is 9.90 Å². The van der Waals surface area contributed by atoms with Crippen molar-refractivity contribution in [1.82, 2.24) is 0 Å². The maximum atomic E-state index is 11.6. The number of para-hydroxylation sites is 1. The van der Waals surface area contributed by atoms with Crippen LogP contribution in [0.3, 0.4) is 0 Å². The molecule has 0 bridgehead atoms. The third-order valence-corrected chi connectivity index (χ3v) is 4.92. The molecular weight excluding hydrogens is 282 g/mol. The minimum Gasteiger partial charge on any atom is -0.479 e. The van der Waals surface area contributed by atoms with Crippen LogP contribution in [-0.4, -0.2) is 11.1 Å². The number of nitrogens with one attached hydrogen (secondary N) is 1. The van der Waals surface area contributed by atoms with Crippen molar-refractivity contribution in [2.24, 2.45) is 0 Å². The Morgan fingerprint density at radius 1 is 1.19 bits per heavy atom. The number of carboxylic acids is 1. The van der Waals surface area contributed by atoms with Crippen LogP contribution in [0.4, 0.5) is 5.69 Å². The Labute approximate surface area is 129 Å². The number of hydrogen-bond acceptors (Lipinski definition) is 3. The Morgan fingerprint density at radius 3 is 2.38 bits per heavy atom. The third kappa shape index (κ3) is 3.64. The van der Waals surface area contributed by atoms with E-state index in [4.69, 9.17) is 0 Å². The summed E-state index contributed by atoms with van der Waals surface area (Å²) in [6.45, 7) is 8.36. The van der Waals surface area contributed by atoms with E-state index in [1.54, 1.807) is 11.3 Å². The van der Waals surface area contributed by atoms with Gasteiger partial charge in [-0.25, -0.2) is 4.79 Å². The molecule has 1 atom stereocenters. The molecule has 112 valence electrons. The number of anilines is 1. The molecule has 21 heavy (non-hydrogen) atoms. The van der Waals surface area contributed by atoms with Crippen LogP contribution in [0.25, 0.3) is 0 Å². The van der Waals surface area contributed by atoms with Gasteiger partial charge in [-0.2, -0.15) is 0 Å². The number of aliphatic carboxylic acids is 1. The average Bonchev–Trinajstić information content (AvgIpc) is 2.86. The summed E-state index contributed by atoms with van der Waals surface area (Å²) in [4.78, 5) is 13.6. The lowest BCUT2D eigenvalue weighted by molar-refractivity contribution is -0.138. The van der Waals surface area contributed by atoms with Crippen LogP contribution in [0.15, 0.2) is 36.4 Å². The molecule has 1 heterocycles. The lowest BCUT2D eigenvalue weighted by Gasteiger charge is -2.17. The van der Waals surface area contributed by atoms with Gasteiger partial charge in [0.1, 0.15) is 0 Å². The average molecular weight is 303 g/mol. The van der Waals surface area contributed by atoms with E-state index in [1.165, 1.54) is 4.88 Å². The fourth-order valence-electron chi connectivity index (χ4n) is 2.06. The Kier molecular flexibility index (Phi) is 4.37. The van der Waals surface area contributed by atoms with E-state index < -0.39 is 12.0 Å². The molecular formula is C17H21NO2S. The van der Waals surface area contributed by atoms with Gasteiger partial charge in [0.2, 0.25) is 0 Å². The van der Waals surface area contributed by atoms with Crippen LogP contribution in [0.2, 0.25) is 0 Å². The van der Waals surface area contributed by atoms with E-state index in [0.717, 1.165) is 16.1 Å². The molecule has 0 saturated heterocycles. The molecule has 0 aliphatic carbocycles. The van der Waals surface area contributed by atoms with E-state index in [0.29, 0.717) is 0 Å². The number of rotatable bonds is 4. The molecule has 1 aromatic carbocycles. The summed E-state index contributed by atoms with van der Waals surface area (Å²) in [5.41, 5.74) is 1.93. The highest BCUT2D eigenvalue weighted by molar-refractivity contribution is 7.12. The third-order valence-electron chi connectivity index (χ3n) is 3.34. The fraction of sp³-hybridized carbons (Fsp3) is 0.353. The second kappa shape index (κ2) is 5.90. The van der Waals surface area contributed by atoms with Gasteiger partial charge in [-0.1, -0.05) is 39.0 Å². The quantitative estimate of drug-likeness (QED) is 0.868. The standard InChI is InChI=1S/C17H21NO2S/c1-11-7-5-6-8-12(11)18-15(16(19)20)13-9-10-14(21-13)17(2,3)4/h5-10,15,18H,1-4H3,(H,19,20). The topological polar surface area (TPSA) is 49.3 Å². The highest BCUT2D eigenvalue weighted by atomic mass is 32.1. The Balaban J connectivity index is 2.30. The van der Waals surface area contributed by atoms with Crippen LogP contribution >= 0.6 is 11.3 Å². The summed E-state index contributed by atoms with van der Waals surface area (Å²) < 4.78 is 0. The van der Waals surface area contributed by atoms with Gasteiger partial charge in [0, 0.05) is 15.4 Å². The van der Waals surface area contributed by atoms with Gasteiger partial charge in [-0.15, -0.1) is 11.3 Å². The lowest BCUT2D eigenvalue weighted by Crippen LogP contribution is -2.19. The number of thiophene rings is 1. The van der Waals surface area contributed by atoms with Crippen molar-refractivity contribution >= 4 is 23.0 Å². The number of aryl methyl sites for hydroxylation is 1. The molecule has 2 aromatic rings. The summed E-state index contributed by atoms with van der Waals surface area (Å²) in [5, 5.41) is 12.7. The first kappa shape index (κ1) is 15.6. The molecule has 1 unspecified atom stereocenters. The molecule has 0 radical (unpaired) electrons. The molecule has 0 saturated carbocycles. The molecule has 0 aliphatic heterocycles. The van der Waals surface area contributed by atoms with Crippen LogP contribution in [0.1, 0.15) is 42.1 Å². The van der Waals surface area contributed by atoms with E-state index >= 15 is 0 Å². The van der Waals surface area contributed by atoms with E-state index in [2.05, 4.69) is 26.1 Å². The number of carbonyl (C=O) groups is 1. The number of hydrogen-bond donors (Lipinski definition) is 2. The normalized spacial score (nSPS) is 13.0. The summed E-state index contributed by atoms with van der Waals surface area (Å²) in [6, 6.07) is 10.9. The zero-order valence-corrected chi connectivity index (χ0v) is 13.6. The lowest BCUT2D eigenvalue weighted by atomic mass is 9.95. The Morgan fingerprint density at radius 2 is 1.86 bits per heavy atom. The van der Waals surface area contributed by atoms with Gasteiger partial charge < -0.3 is 10.4 Å². The second-order valence-corrected chi connectivity index (χ2v) is 7.30. The predicted molar refractivity (Wildman–Crippen MR) is 88.2 cm³/mol. The van der Waals surface area contributed by atoms with Crippen LogP contribution in [0.5, 0.6) is 0 Å². The first-order valence-corrected chi connectivity index (χ1v) is 7.76. The van der Waals surface area contributed by atoms with Gasteiger partial charge >= 0.3 is 5.97 Å². The monoisotopic (exact) mass is 303 g/mol. The van der Waals surface area contributed by atoms with Crippen molar-refractivity contribution in [3.63, 3.8) is 0 Å². The highest BCUT2D eigenvalue weighted by Gasteiger charge is 2.24. The maximum absolute atomic E-state index is 11.6. The molecule has 0 aliphatic rings. The fourth-order valence-corrected chi connectivity index (χ4v) is 3.17. The van der Waals surface area contributed by atoms with E-state index in [9.17, 15) is 9.90 Å². The largest absolute Gasteiger partial charge is 0.479 e. The molecule has 0 amide bonds. The molecule has 2 N–H and O–H groups in total. The molecule has 0 spiro atoms. The van der Waals surface area contributed by atoms with Crippen molar-refractivity contribution in [3.05, 3.63) is 51.7 Å². The van der Waals surface area contributed by atoms with Crippen LogP contribution in [-0.2, 0) is 10.2 Å². The summed E-state index contributed by atoms with van der Waals surface area (Å²) in [6.07, 6.45) is 0. The number of carboxylic acid groups (broad SMARTS) is 1. The van der Waals surface area contributed by atoms with Crippen molar-refractivity contribution in [1.29, 1.82) is 0 Å². The van der Waals surface area contributed by atoms with Gasteiger partial charge in [0.15, 0.2) is 6.04 Å². The molecule has 4 heteroatoms. The number of benzene rings is 1. The van der Waals surface area contributed by atoms with Crippen molar-refractivity contribution in [2.75, 3.05) is 5.32 Å². The van der Waals surface area contributed by atoms with Gasteiger partial charge in [0.25, 0.3) is 0 Å². The van der Waals surface area contributed by atoms with E-state index in [1.807, 2.05) is 43.3 Å². The SMILES string of the molecule is Cc1ccccc1NC(C(=O)O)c1ccc(C(C)(C)C)s1. The maximum Gasteiger partial charge on any atom is 0.331 e. The summed E-state index contributed by atoms with van der Waals surface area (Å²) in [7, 11) is 0. The van der Waals surface area contributed by atoms with Gasteiger partial charge in [0.05, 0.1) is 0 Å². The summed E-state index contributed by atoms with van der Waals surface area (Å²) in [5.74, 6) is -0.861.